The number of benzene rings is 3. The Labute approximate surface area is 151 Å². The number of phenolic OH excluding ortho intramolecular Hbond substituents is 1. The van der Waals surface area contributed by atoms with E-state index < -0.39 is 73.9 Å². The van der Waals surface area contributed by atoms with Crippen molar-refractivity contribution in [2.45, 2.75) is 0 Å². The molecule has 1 heterocycles. The minimum atomic E-state index is -2.10. The molecule has 9 heteroatoms. The number of aromatic hydroxyl groups is 1. The SMILES string of the molecule is O=c1c(F)c2oc3c(F)c(O)c(F)c(F)c3c(-c3ccccc3)c-2c(F)c1F. The summed E-state index contributed by atoms with van der Waals surface area (Å²) in [4.78, 5) is 11.5. The summed E-state index contributed by atoms with van der Waals surface area (Å²) in [6, 6.07) is 6.83. The molecule has 4 rings (SSSR count). The smallest absolute Gasteiger partial charge is 0.256 e. The zero-order valence-corrected chi connectivity index (χ0v) is 13.4. The maximum Gasteiger partial charge on any atom is 0.256 e. The highest BCUT2D eigenvalue weighted by Gasteiger charge is 2.34. The first kappa shape index (κ1) is 17.9. The molecule has 0 spiro atoms. The standard InChI is InChI=1S/C19H6F6O3/c20-10-8-7(6-4-2-1-3-5-6)9-11(21)13(23)17(27)15(25)19(9)28-18(8)14(24)16(26)12(10)22/h1-5,26H. The number of hydrogen-bond donors (Lipinski definition) is 1. The van der Waals surface area contributed by atoms with Gasteiger partial charge in [0.25, 0.3) is 5.43 Å². The second-order valence-electron chi connectivity index (χ2n) is 5.81. The van der Waals surface area contributed by atoms with Gasteiger partial charge in [0.1, 0.15) is 0 Å². The Morgan fingerprint density at radius 2 is 1.36 bits per heavy atom. The Kier molecular flexibility index (Phi) is 3.84. The van der Waals surface area contributed by atoms with Crippen molar-refractivity contribution in [2.75, 3.05) is 0 Å². The fourth-order valence-electron chi connectivity index (χ4n) is 3.00. The van der Waals surface area contributed by atoms with Crippen molar-refractivity contribution >= 4 is 11.0 Å². The van der Waals surface area contributed by atoms with Gasteiger partial charge in [0.2, 0.25) is 23.3 Å². The summed E-state index contributed by atoms with van der Waals surface area (Å²) in [5.74, 6) is -14.5. The molecule has 0 saturated carbocycles. The zero-order valence-electron chi connectivity index (χ0n) is 13.4. The Morgan fingerprint density at radius 3 is 2.00 bits per heavy atom. The number of halogens is 6. The highest BCUT2D eigenvalue weighted by atomic mass is 19.2. The number of rotatable bonds is 1. The zero-order chi connectivity index (χ0) is 20.3. The molecule has 0 amide bonds. The van der Waals surface area contributed by atoms with Crippen LogP contribution in [0.3, 0.4) is 0 Å². The van der Waals surface area contributed by atoms with Crippen molar-refractivity contribution in [3.8, 4) is 28.2 Å². The molecule has 142 valence electrons. The average Bonchev–Trinajstić information content (AvgIpc) is 2.72. The number of hydrogen-bond acceptors (Lipinski definition) is 3. The third-order valence-electron chi connectivity index (χ3n) is 4.26. The number of phenols is 1. The van der Waals surface area contributed by atoms with Crippen LogP contribution in [0.15, 0.2) is 39.5 Å². The molecule has 1 aliphatic heterocycles. The van der Waals surface area contributed by atoms with Crippen molar-refractivity contribution in [1.82, 2.24) is 0 Å². The Morgan fingerprint density at radius 1 is 0.714 bits per heavy atom. The average molecular weight is 396 g/mol. The van der Waals surface area contributed by atoms with Gasteiger partial charge in [-0.3, -0.25) is 4.79 Å². The summed E-state index contributed by atoms with van der Waals surface area (Å²) in [6.45, 7) is 0. The van der Waals surface area contributed by atoms with Gasteiger partial charge in [0.05, 0.1) is 10.9 Å². The highest BCUT2D eigenvalue weighted by molar-refractivity contribution is 6.03. The van der Waals surface area contributed by atoms with E-state index in [2.05, 4.69) is 0 Å². The van der Waals surface area contributed by atoms with Gasteiger partial charge in [-0.05, 0) is 5.56 Å². The predicted octanol–water partition coefficient (Wildman–Crippen LogP) is 5.11. The Balaban J connectivity index is 2.42. The summed E-state index contributed by atoms with van der Waals surface area (Å²) in [5, 5.41) is 8.40. The van der Waals surface area contributed by atoms with Gasteiger partial charge in [0.15, 0.2) is 28.7 Å². The normalized spacial score (nSPS) is 11.5. The van der Waals surface area contributed by atoms with Crippen LogP contribution < -0.4 is 5.43 Å². The summed E-state index contributed by atoms with van der Waals surface area (Å²) >= 11 is 0. The van der Waals surface area contributed by atoms with E-state index >= 15 is 0 Å². The monoisotopic (exact) mass is 396 g/mol. The molecular weight excluding hydrogens is 390 g/mol. The second-order valence-corrected chi connectivity index (χ2v) is 5.81. The molecule has 0 bridgehead atoms. The van der Waals surface area contributed by atoms with Crippen LogP contribution in [-0.2, 0) is 0 Å². The van der Waals surface area contributed by atoms with Crippen molar-refractivity contribution in [2.24, 2.45) is 0 Å². The van der Waals surface area contributed by atoms with E-state index in [4.69, 9.17) is 4.42 Å². The van der Waals surface area contributed by atoms with Gasteiger partial charge in [-0.25, -0.2) is 8.78 Å². The Bertz CT molecular complexity index is 1300. The lowest BCUT2D eigenvalue weighted by Crippen LogP contribution is -2.17. The van der Waals surface area contributed by atoms with Crippen molar-refractivity contribution in [3.05, 3.63) is 75.5 Å². The maximum absolute atomic E-state index is 14.6. The van der Waals surface area contributed by atoms with Crippen molar-refractivity contribution < 1.29 is 35.9 Å². The first-order chi connectivity index (χ1) is 13.3. The minimum Gasteiger partial charge on any atom is -0.503 e. The number of fused-ring (bicyclic) bond motifs is 2. The van der Waals surface area contributed by atoms with Crippen LogP contribution in [0.1, 0.15) is 0 Å². The lowest BCUT2D eigenvalue weighted by atomic mass is 9.92. The molecule has 28 heavy (non-hydrogen) atoms. The lowest BCUT2D eigenvalue weighted by molar-refractivity contribution is 0.375. The molecule has 3 nitrogen and oxygen atoms in total. The summed E-state index contributed by atoms with van der Waals surface area (Å²) < 4.78 is 90.4. The topological polar surface area (TPSA) is 50.4 Å². The molecule has 0 saturated heterocycles. The van der Waals surface area contributed by atoms with E-state index in [0.717, 1.165) is 0 Å². The van der Waals surface area contributed by atoms with E-state index in [1.807, 2.05) is 0 Å². The minimum absolute atomic E-state index is 0.0759. The first-order valence-electron chi connectivity index (χ1n) is 7.63. The van der Waals surface area contributed by atoms with Gasteiger partial charge >= 0.3 is 0 Å². The van der Waals surface area contributed by atoms with E-state index in [-0.39, 0.29) is 5.56 Å². The fourth-order valence-corrected chi connectivity index (χ4v) is 3.00. The Hall–Kier alpha value is -3.49. The molecular formula is C19H6F6O3. The molecule has 0 radical (unpaired) electrons. The maximum atomic E-state index is 14.6. The van der Waals surface area contributed by atoms with Crippen LogP contribution in [0.2, 0.25) is 0 Å². The van der Waals surface area contributed by atoms with Crippen LogP contribution in [-0.4, -0.2) is 5.11 Å². The fraction of sp³-hybridized carbons (Fsp3) is 0. The summed E-state index contributed by atoms with van der Waals surface area (Å²) in [7, 11) is 0. The molecule has 1 N–H and O–H groups in total. The van der Waals surface area contributed by atoms with E-state index in [1.165, 1.54) is 30.3 Å². The van der Waals surface area contributed by atoms with Gasteiger partial charge in [-0.15, -0.1) is 0 Å². The van der Waals surface area contributed by atoms with Crippen molar-refractivity contribution in [1.29, 1.82) is 0 Å². The highest BCUT2D eigenvalue weighted by Crippen LogP contribution is 2.46. The van der Waals surface area contributed by atoms with Gasteiger partial charge in [-0.1, -0.05) is 30.3 Å². The van der Waals surface area contributed by atoms with Crippen LogP contribution >= 0.6 is 0 Å². The van der Waals surface area contributed by atoms with Gasteiger partial charge in [-0.2, -0.15) is 17.6 Å². The predicted molar refractivity (Wildman–Crippen MR) is 86.0 cm³/mol. The van der Waals surface area contributed by atoms with Crippen LogP contribution in [0.5, 0.6) is 5.75 Å². The van der Waals surface area contributed by atoms with Crippen molar-refractivity contribution in [3.63, 3.8) is 0 Å². The molecule has 2 aromatic rings. The second kappa shape index (κ2) is 6.01. The largest absolute Gasteiger partial charge is 0.503 e. The van der Waals surface area contributed by atoms with Gasteiger partial charge in [0, 0.05) is 5.56 Å². The van der Waals surface area contributed by atoms with Crippen LogP contribution in [0.25, 0.3) is 33.4 Å². The third-order valence-corrected chi connectivity index (χ3v) is 4.26. The summed E-state index contributed by atoms with van der Waals surface area (Å²) in [5.41, 5.74) is -4.90. The van der Waals surface area contributed by atoms with E-state index in [0.29, 0.717) is 0 Å². The van der Waals surface area contributed by atoms with Crippen LogP contribution in [0.4, 0.5) is 26.3 Å². The molecule has 2 aliphatic rings. The van der Waals surface area contributed by atoms with E-state index in [9.17, 15) is 36.2 Å². The van der Waals surface area contributed by atoms with E-state index in [1.54, 1.807) is 0 Å². The molecule has 0 atom stereocenters. The molecule has 1 aliphatic carbocycles. The molecule has 0 aromatic heterocycles. The molecule has 2 aromatic carbocycles. The summed E-state index contributed by atoms with van der Waals surface area (Å²) in [6.07, 6.45) is 0. The first-order valence-corrected chi connectivity index (χ1v) is 7.63. The lowest BCUT2D eigenvalue weighted by Gasteiger charge is -2.18. The van der Waals surface area contributed by atoms with Gasteiger partial charge < -0.3 is 9.52 Å². The quantitative estimate of drug-likeness (QED) is 0.277. The molecule has 0 unspecified atom stereocenters. The van der Waals surface area contributed by atoms with Crippen LogP contribution in [0, 0.1) is 34.9 Å². The molecule has 0 fully saturated rings. The third kappa shape index (κ3) is 2.22.